The van der Waals surface area contributed by atoms with E-state index in [4.69, 9.17) is 4.74 Å². The Hall–Kier alpha value is -2.83. The summed E-state index contributed by atoms with van der Waals surface area (Å²) < 4.78 is 44.8. The fourth-order valence-corrected chi connectivity index (χ4v) is 3.07. The van der Waals surface area contributed by atoms with Gasteiger partial charge in [-0.3, -0.25) is 4.68 Å². The van der Waals surface area contributed by atoms with Gasteiger partial charge >= 0.3 is 12.1 Å². The van der Waals surface area contributed by atoms with Crippen LogP contribution in [0.25, 0.3) is 10.9 Å². The molecule has 156 valence electrons. The number of aromatic nitrogens is 2. The van der Waals surface area contributed by atoms with Gasteiger partial charge < -0.3 is 4.74 Å². The molecule has 1 aromatic heterocycles. The Morgan fingerprint density at radius 1 is 1.10 bits per heavy atom. The summed E-state index contributed by atoms with van der Waals surface area (Å²) in [5.41, 5.74) is 1.83. The summed E-state index contributed by atoms with van der Waals surface area (Å²) in [6.45, 7) is 7.82. The van der Waals surface area contributed by atoms with Crippen molar-refractivity contribution < 1.29 is 22.7 Å². The number of fused-ring (bicyclic) bond motifs is 1. The number of nitrogens with zero attached hydrogens (tertiary/aromatic N) is 2. The van der Waals surface area contributed by atoms with Gasteiger partial charge in [0.2, 0.25) is 0 Å². The lowest BCUT2D eigenvalue weighted by Crippen LogP contribution is -2.14. The highest BCUT2D eigenvalue weighted by molar-refractivity contribution is 6.03. The Balaban J connectivity index is 0.00000145. The monoisotopic (exact) mass is 406 g/mol. The average molecular weight is 406 g/mol. The van der Waals surface area contributed by atoms with Gasteiger partial charge in [0.05, 0.1) is 18.2 Å². The molecule has 0 spiro atoms. The molecule has 0 unspecified atom stereocenters. The highest BCUT2D eigenvalue weighted by atomic mass is 19.4. The lowest BCUT2D eigenvalue weighted by Gasteiger charge is -2.11. The van der Waals surface area contributed by atoms with Crippen molar-refractivity contribution in [3.05, 3.63) is 64.8 Å². The third-order valence-corrected chi connectivity index (χ3v) is 4.35. The zero-order valence-corrected chi connectivity index (χ0v) is 17.2. The van der Waals surface area contributed by atoms with E-state index < -0.39 is 17.7 Å². The maximum absolute atomic E-state index is 12.8. The number of hydrogen-bond acceptors (Lipinski definition) is 3. The molecule has 0 radical (unpaired) electrons. The molecule has 4 nitrogen and oxygen atoms in total. The molecule has 0 aliphatic rings. The summed E-state index contributed by atoms with van der Waals surface area (Å²) in [4.78, 5) is 12.4. The number of methoxy groups -OCH3 is 1. The van der Waals surface area contributed by atoms with E-state index >= 15 is 0 Å². The molecule has 1 heterocycles. The maximum Gasteiger partial charge on any atom is 0.416 e. The van der Waals surface area contributed by atoms with Gasteiger partial charge in [0.1, 0.15) is 0 Å². The van der Waals surface area contributed by atoms with Gasteiger partial charge in [-0.1, -0.05) is 38.1 Å². The number of carbonyl (C=O) groups is 1. The maximum atomic E-state index is 12.8. The van der Waals surface area contributed by atoms with Crippen LogP contribution in [-0.2, 0) is 17.3 Å². The molecule has 0 atom stereocenters. The lowest BCUT2D eigenvalue weighted by molar-refractivity contribution is -0.137. The van der Waals surface area contributed by atoms with Crippen molar-refractivity contribution in [2.75, 3.05) is 7.11 Å². The minimum atomic E-state index is -4.37. The molecule has 0 N–H and O–H groups in total. The molecular weight excluding hydrogens is 381 g/mol. The van der Waals surface area contributed by atoms with Crippen LogP contribution in [0.4, 0.5) is 13.2 Å². The Morgan fingerprint density at radius 2 is 1.72 bits per heavy atom. The summed E-state index contributed by atoms with van der Waals surface area (Å²) in [6.07, 6.45) is -3.99. The quantitative estimate of drug-likeness (QED) is 0.496. The molecule has 0 aliphatic carbocycles. The van der Waals surface area contributed by atoms with Gasteiger partial charge in [0.15, 0.2) is 5.69 Å². The molecule has 0 fully saturated rings. The second-order valence-corrected chi connectivity index (χ2v) is 6.56. The number of carbonyl (C=O) groups excluding carboxylic acids is 1. The number of alkyl halides is 3. The first-order valence-electron chi connectivity index (χ1n) is 9.47. The van der Waals surface area contributed by atoms with Crippen LogP contribution in [0.5, 0.6) is 0 Å². The van der Waals surface area contributed by atoms with Crippen molar-refractivity contribution in [2.45, 2.75) is 46.3 Å². The number of halogens is 3. The van der Waals surface area contributed by atoms with Crippen molar-refractivity contribution in [1.82, 2.24) is 9.78 Å². The van der Waals surface area contributed by atoms with Crippen LogP contribution in [0.1, 0.15) is 60.9 Å². The number of hydrogen-bond donors (Lipinski definition) is 0. The minimum Gasteiger partial charge on any atom is -0.464 e. The van der Waals surface area contributed by atoms with E-state index in [1.54, 1.807) is 10.7 Å². The van der Waals surface area contributed by atoms with E-state index in [2.05, 4.69) is 5.10 Å². The van der Waals surface area contributed by atoms with E-state index in [1.807, 2.05) is 39.8 Å². The van der Waals surface area contributed by atoms with Crippen LogP contribution in [-0.4, -0.2) is 22.9 Å². The van der Waals surface area contributed by atoms with Gasteiger partial charge in [-0.05, 0) is 49.6 Å². The van der Waals surface area contributed by atoms with Crippen LogP contribution in [0.3, 0.4) is 0 Å². The van der Waals surface area contributed by atoms with E-state index in [9.17, 15) is 18.0 Å². The predicted octanol–water partition coefficient (Wildman–Crippen LogP) is 6.04. The topological polar surface area (TPSA) is 44.1 Å². The van der Waals surface area contributed by atoms with Gasteiger partial charge in [-0.2, -0.15) is 18.3 Å². The van der Waals surface area contributed by atoms with E-state index in [0.717, 1.165) is 17.7 Å². The normalized spacial score (nSPS) is 11.3. The highest BCUT2D eigenvalue weighted by Crippen LogP contribution is 2.31. The second-order valence-electron chi connectivity index (χ2n) is 6.56. The number of benzene rings is 2. The van der Waals surface area contributed by atoms with Gasteiger partial charge in [0, 0.05) is 11.4 Å². The van der Waals surface area contributed by atoms with Crippen LogP contribution >= 0.6 is 0 Å². The third kappa shape index (κ3) is 4.78. The fourth-order valence-electron chi connectivity index (χ4n) is 3.07. The van der Waals surface area contributed by atoms with Crippen molar-refractivity contribution in [3.63, 3.8) is 0 Å². The predicted molar refractivity (Wildman–Crippen MR) is 107 cm³/mol. The summed E-state index contributed by atoms with van der Waals surface area (Å²) in [6, 6.07) is 10.4. The highest BCUT2D eigenvalue weighted by Gasteiger charge is 2.30. The Bertz CT molecular complexity index is 974. The summed E-state index contributed by atoms with van der Waals surface area (Å²) in [5, 5.41) is 5.16. The zero-order chi connectivity index (χ0) is 21.8. The van der Waals surface area contributed by atoms with Crippen molar-refractivity contribution in [1.29, 1.82) is 0 Å². The van der Waals surface area contributed by atoms with Crippen LogP contribution in [0, 0.1) is 0 Å². The third-order valence-electron chi connectivity index (χ3n) is 4.35. The SMILES string of the molecule is CC.COC(=O)c1c2c(Cc3ccc(C(F)(F)F)cc3)cccc2nn1C(C)C. The van der Waals surface area contributed by atoms with Crippen molar-refractivity contribution in [2.24, 2.45) is 0 Å². The first-order valence-corrected chi connectivity index (χ1v) is 9.47. The molecule has 0 aliphatic heterocycles. The lowest BCUT2D eigenvalue weighted by atomic mass is 9.99. The molecule has 7 heteroatoms. The molecule has 29 heavy (non-hydrogen) atoms. The second kappa shape index (κ2) is 9.11. The smallest absolute Gasteiger partial charge is 0.416 e. The van der Waals surface area contributed by atoms with E-state index in [-0.39, 0.29) is 6.04 Å². The molecular formula is C22H25F3N2O2. The Labute approximate surface area is 168 Å². The standard InChI is InChI=1S/C20H19F3N2O2.C2H6/c1-12(2)25-18(19(26)27-3)17-14(5-4-6-16(17)24-25)11-13-7-9-15(10-8-13)20(21,22)23;1-2/h4-10,12H,11H2,1-3H3;1-2H3. The first-order chi connectivity index (χ1) is 13.7. The fraction of sp³-hybridized carbons (Fsp3) is 0.364. The van der Waals surface area contributed by atoms with Crippen molar-refractivity contribution in [3.8, 4) is 0 Å². The number of rotatable bonds is 4. The van der Waals surface area contributed by atoms with Crippen LogP contribution < -0.4 is 0 Å². The summed E-state index contributed by atoms with van der Waals surface area (Å²) >= 11 is 0. The molecule has 3 aromatic rings. The van der Waals surface area contributed by atoms with Gasteiger partial charge in [0.25, 0.3) is 0 Å². The molecule has 0 amide bonds. The number of ether oxygens (including phenoxy) is 1. The molecule has 0 saturated carbocycles. The molecule has 2 aromatic carbocycles. The van der Waals surface area contributed by atoms with Crippen LogP contribution in [0.2, 0.25) is 0 Å². The Morgan fingerprint density at radius 3 is 2.24 bits per heavy atom. The summed E-state index contributed by atoms with van der Waals surface area (Å²) in [7, 11) is 1.31. The molecule has 0 saturated heterocycles. The van der Waals surface area contributed by atoms with Gasteiger partial charge in [-0.15, -0.1) is 0 Å². The van der Waals surface area contributed by atoms with Crippen LogP contribution in [0.15, 0.2) is 42.5 Å². The Kier molecular flexibility index (Phi) is 7.06. The zero-order valence-electron chi connectivity index (χ0n) is 17.2. The van der Waals surface area contributed by atoms with E-state index in [0.29, 0.717) is 28.6 Å². The van der Waals surface area contributed by atoms with Crippen molar-refractivity contribution >= 4 is 16.9 Å². The summed E-state index contributed by atoms with van der Waals surface area (Å²) in [5.74, 6) is -0.494. The first kappa shape index (κ1) is 22.5. The van der Waals surface area contributed by atoms with Gasteiger partial charge in [-0.25, -0.2) is 4.79 Å². The number of esters is 1. The molecule has 3 rings (SSSR count). The average Bonchev–Trinajstić information content (AvgIpc) is 3.10. The van der Waals surface area contributed by atoms with E-state index in [1.165, 1.54) is 19.2 Å². The largest absolute Gasteiger partial charge is 0.464 e. The minimum absolute atomic E-state index is 0.0505. The molecule has 0 bridgehead atoms.